The third-order valence-corrected chi connectivity index (χ3v) is 4.14. The van der Waals surface area contributed by atoms with Crippen LogP contribution >= 0.6 is 22.6 Å². The average Bonchev–Trinajstić information content (AvgIpc) is 2.82. The van der Waals surface area contributed by atoms with Crippen LogP contribution in [0, 0.1) is 0 Å². The number of hydrogen-bond donors (Lipinski definition) is 1. The molecule has 2 saturated heterocycles. The van der Waals surface area contributed by atoms with Crippen LogP contribution in [0.5, 0.6) is 0 Å². The van der Waals surface area contributed by atoms with E-state index in [0.717, 1.165) is 32.5 Å². The van der Waals surface area contributed by atoms with Crippen molar-refractivity contribution in [3.8, 4) is 0 Å². The molecule has 2 heterocycles. The maximum atomic E-state index is 11.2. The molecule has 5 nitrogen and oxygen atoms in total. The van der Waals surface area contributed by atoms with E-state index in [1.165, 1.54) is 6.42 Å². The summed E-state index contributed by atoms with van der Waals surface area (Å²) in [7, 11) is 1.59. The smallest absolute Gasteiger partial charge is 0.407 e. The van der Waals surface area contributed by atoms with Crippen molar-refractivity contribution < 1.29 is 14.3 Å². The molecule has 2 rings (SSSR count). The predicted octanol–water partition coefficient (Wildman–Crippen LogP) is 1.36. The summed E-state index contributed by atoms with van der Waals surface area (Å²) in [5.74, 6) is 0. The second-order valence-electron chi connectivity index (χ2n) is 4.71. The van der Waals surface area contributed by atoms with E-state index in [9.17, 15) is 4.79 Å². The molecular weight excluding hydrogens is 335 g/mol. The molecular formula is C11H19IN2O3. The number of hydrogen-bond acceptors (Lipinski definition) is 4. The van der Waals surface area contributed by atoms with Crippen LogP contribution in [0.4, 0.5) is 4.79 Å². The number of nitrogens with one attached hydrogen (secondary N) is 1. The zero-order chi connectivity index (χ0) is 12.3. The minimum absolute atomic E-state index is 0.00746. The van der Waals surface area contributed by atoms with Crippen molar-refractivity contribution in [3.63, 3.8) is 0 Å². The highest BCUT2D eigenvalue weighted by Gasteiger charge is 2.49. The van der Waals surface area contributed by atoms with Gasteiger partial charge in [-0.25, -0.2) is 4.79 Å². The van der Waals surface area contributed by atoms with E-state index < -0.39 is 0 Å². The molecule has 0 radical (unpaired) electrons. The molecule has 0 aliphatic carbocycles. The summed E-state index contributed by atoms with van der Waals surface area (Å²) < 4.78 is 11.7. The van der Waals surface area contributed by atoms with Crippen LogP contribution in [-0.2, 0) is 9.47 Å². The summed E-state index contributed by atoms with van der Waals surface area (Å²) >= 11 is 2.22. The van der Waals surface area contributed by atoms with Crippen molar-refractivity contribution in [2.75, 3.05) is 31.4 Å². The van der Waals surface area contributed by atoms with Gasteiger partial charge in [-0.15, -0.1) is 0 Å². The summed E-state index contributed by atoms with van der Waals surface area (Å²) in [4.78, 5) is 13.6. The molecule has 6 heteroatoms. The first-order valence-corrected chi connectivity index (χ1v) is 7.50. The Kier molecular flexibility index (Phi) is 4.48. The van der Waals surface area contributed by atoms with Crippen molar-refractivity contribution in [1.29, 1.82) is 0 Å². The van der Waals surface area contributed by atoms with E-state index in [1.807, 2.05) is 0 Å². The van der Waals surface area contributed by atoms with Crippen LogP contribution in [0.15, 0.2) is 0 Å². The van der Waals surface area contributed by atoms with Gasteiger partial charge in [0.2, 0.25) is 0 Å². The second-order valence-corrected chi connectivity index (χ2v) is 5.34. The van der Waals surface area contributed by atoms with Gasteiger partial charge in [0.1, 0.15) is 6.10 Å². The highest BCUT2D eigenvalue weighted by atomic mass is 127. The van der Waals surface area contributed by atoms with E-state index in [0.29, 0.717) is 4.61 Å². The number of alkyl carbamates (subject to hydrolysis) is 1. The standard InChI is InChI=1S/C11H19IN2O3/c1-13-10(15)17-9-5-11(7-16-8-12)3-2-4-14(11)6-9/h9H,2-8H2,1H3,(H,13,15)/t9-,11+/m1/s1. The number of carbonyl (C=O) groups excluding carboxylic acids is 1. The molecule has 2 fully saturated rings. The molecule has 17 heavy (non-hydrogen) atoms. The first-order chi connectivity index (χ1) is 8.20. The summed E-state index contributed by atoms with van der Waals surface area (Å²) in [5.41, 5.74) is 0.115. The molecule has 98 valence electrons. The normalized spacial score (nSPS) is 32.5. The van der Waals surface area contributed by atoms with Gasteiger partial charge in [0.15, 0.2) is 0 Å². The van der Waals surface area contributed by atoms with E-state index in [-0.39, 0.29) is 17.7 Å². The van der Waals surface area contributed by atoms with Crippen LogP contribution in [0.2, 0.25) is 0 Å². The summed E-state index contributed by atoms with van der Waals surface area (Å²) in [6.45, 7) is 2.69. The third kappa shape index (κ3) is 2.85. The Hall–Kier alpha value is -0.0800. The van der Waals surface area contributed by atoms with Gasteiger partial charge in [0.25, 0.3) is 0 Å². The Labute approximate surface area is 115 Å². The van der Waals surface area contributed by atoms with Gasteiger partial charge in [0.05, 0.1) is 11.2 Å². The number of ether oxygens (including phenoxy) is 2. The summed E-state index contributed by atoms with van der Waals surface area (Å²) in [6.07, 6.45) is 2.94. The van der Waals surface area contributed by atoms with Crippen molar-refractivity contribution in [1.82, 2.24) is 10.2 Å². The van der Waals surface area contributed by atoms with Crippen LogP contribution in [0.25, 0.3) is 0 Å². The highest BCUT2D eigenvalue weighted by Crippen LogP contribution is 2.40. The molecule has 0 saturated carbocycles. The van der Waals surface area contributed by atoms with Gasteiger partial charge in [0, 0.05) is 25.6 Å². The molecule has 0 bridgehead atoms. The Balaban J connectivity index is 1.94. The topological polar surface area (TPSA) is 50.8 Å². The zero-order valence-corrected chi connectivity index (χ0v) is 12.2. The van der Waals surface area contributed by atoms with E-state index >= 15 is 0 Å². The maximum absolute atomic E-state index is 11.2. The fourth-order valence-electron chi connectivity index (χ4n) is 2.98. The monoisotopic (exact) mass is 354 g/mol. The Morgan fingerprint density at radius 1 is 1.65 bits per heavy atom. The molecule has 0 aromatic heterocycles. The fourth-order valence-corrected chi connectivity index (χ4v) is 3.20. The fraction of sp³-hybridized carbons (Fsp3) is 0.909. The number of amides is 1. The number of fused-ring (bicyclic) bond motifs is 1. The van der Waals surface area contributed by atoms with Gasteiger partial charge in [-0.3, -0.25) is 4.90 Å². The predicted molar refractivity (Wildman–Crippen MR) is 72.3 cm³/mol. The van der Waals surface area contributed by atoms with E-state index in [4.69, 9.17) is 9.47 Å². The van der Waals surface area contributed by atoms with Crippen LogP contribution in [0.3, 0.4) is 0 Å². The van der Waals surface area contributed by atoms with Gasteiger partial charge < -0.3 is 14.8 Å². The number of nitrogens with zero attached hydrogens (tertiary/aromatic N) is 1. The van der Waals surface area contributed by atoms with E-state index in [1.54, 1.807) is 7.05 Å². The Morgan fingerprint density at radius 2 is 2.47 bits per heavy atom. The molecule has 2 aliphatic heterocycles. The Bertz CT molecular complexity index is 290. The van der Waals surface area contributed by atoms with Gasteiger partial charge in [-0.1, -0.05) is 22.6 Å². The minimum atomic E-state index is -0.332. The molecule has 1 N–H and O–H groups in total. The number of carbonyl (C=O) groups is 1. The lowest BCUT2D eigenvalue weighted by Crippen LogP contribution is -2.42. The highest BCUT2D eigenvalue weighted by molar-refractivity contribution is 14.1. The average molecular weight is 354 g/mol. The van der Waals surface area contributed by atoms with Crippen molar-refractivity contribution >= 4 is 28.7 Å². The Morgan fingerprint density at radius 3 is 3.18 bits per heavy atom. The third-order valence-electron chi connectivity index (χ3n) is 3.70. The zero-order valence-electron chi connectivity index (χ0n) is 10.1. The molecule has 0 aromatic rings. The molecule has 0 unspecified atom stereocenters. The van der Waals surface area contributed by atoms with Crippen LogP contribution < -0.4 is 5.32 Å². The molecule has 2 atom stereocenters. The lowest BCUT2D eigenvalue weighted by molar-refractivity contribution is 0.0602. The lowest BCUT2D eigenvalue weighted by Gasteiger charge is -2.30. The molecule has 0 aromatic carbocycles. The molecule has 1 amide bonds. The van der Waals surface area contributed by atoms with Gasteiger partial charge in [-0.05, 0) is 19.4 Å². The quantitative estimate of drug-likeness (QED) is 0.612. The lowest BCUT2D eigenvalue weighted by atomic mass is 9.94. The first-order valence-electron chi connectivity index (χ1n) is 5.97. The van der Waals surface area contributed by atoms with Crippen molar-refractivity contribution in [2.45, 2.75) is 30.9 Å². The number of alkyl halides is 1. The number of halogens is 1. The summed E-state index contributed by atoms with van der Waals surface area (Å²) in [5, 5.41) is 2.50. The minimum Gasteiger partial charge on any atom is -0.445 e. The van der Waals surface area contributed by atoms with Gasteiger partial charge in [-0.2, -0.15) is 0 Å². The largest absolute Gasteiger partial charge is 0.445 e. The second kappa shape index (κ2) is 5.71. The van der Waals surface area contributed by atoms with Crippen LogP contribution in [-0.4, -0.2) is 54.0 Å². The molecule has 0 spiro atoms. The van der Waals surface area contributed by atoms with Crippen LogP contribution in [0.1, 0.15) is 19.3 Å². The number of rotatable bonds is 4. The van der Waals surface area contributed by atoms with E-state index in [2.05, 4.69) is 32.8 Å². The molecule has 2 aliphatic rings. The SMILES string of the molecule is CNC(=O)O[C@H]1CN2CCC[C@@]2(COCI)C1. The maximum Gasteiger partial charge on any atom is 0.407 e. The summed E-state index contributed by atoms with van der Waals surface area (Å²) in [6, 6.07) is 0. The van der Waals surface area contributed by atoms with Crippen molar-refractivity contribution in [3.05, 3.63) is 0 Å². The van der Waals surface area contributed by atoms with Crippen molar-refractivity contribution in [2.24, 2.45) is 0 Å². The van der Waals surface area contributed by atoms with Gasteiger partial charge >= 0.3 is 6.09 Å². The first kappa shape index (κ1) is 13.4.